The van der Waals surface area contributed by atoms with Crippen LogP contribution in [0.2, 0.25) is 0 Å². The van der Waals surface area contributed by atoms with Crippen LogP contribution in [-0.4, -0.2) is 11.5 Å². The van der Waals surface area contributed by atoms with E-state index in [2.05, 4.69) is 0 Å². The standard InChI is InChI=1S/C11H13FOS/c1-3-7-14-11-9(8(2)13)5-4-6-10(11)12/h4-6H,3,7H2,1-2H3. The zero-order valence-corrected chi connectivity index (χ0v) is 9.16. The van der Waals surface area contributed by atoms with Gasteiger partial charge in [0.05, 0.1) is 4.90 Å². The highest BCUT2D eigenvalue weighted by molar-refractivity contribution is 7.99. The number of carbonyl (C=O) groups is 1. The summed E-state index contributed by atoms with van der Waals surface area (Å²) < 4.78 is 13.4. The Morgan fingerprint density at radius 2 is 2.21 bits per heavy atom. The summed E-state index contributed by atoms with van der Waals surface area (Å²) in [6.07, 6.45) is 0.969. The van der Waals surface area contributed by atoms with E-state index in [1.807, 2.05) is 6.92 Å². The molecule has 3 heteroatoms. The van der Waals surface area contributed by atoms with Crippen LogP contribution >= 0.6 is 11.8 Å². The Balaban J connectivity index is 3.02. The lowest BCUT2D eigenvalue weighted by atomic mass is 10.1. The van der Waals surface area contributed by atoms with Crippen molar-refractivity contribution in [3.8, 4) is 0 Å². The number of hydrogen-bond donors (Lipinski definition) is 0. The molecule has 0 heterocycles. The number of carbonyl (C=O) groups excluding carboxylic acids is 1. The predicted octanol–water partition coefficient (Wildman–Crippen LogP) is 3.53. The molecule has 0 aliphatic rings. The van der Waals surface area contributed by atoms with Crippen molar-refractivity contribution >= 4 is 17.5 Å². The molecule has 76 valence electrons. The van der Waals surface area contributed by atoms with E-state index in [0.29, 0.717) is 10.5 Å². The van der Waals surface area contributed by atoms with E-state index in [4.69, 9.17) is 0 Å². The second kappa shape index (κ2) is 5.15. The van der Waals surface area contributed by atoms with Crippen LogP contribution in [0.1, 0.15) is 30.6 Å². The molecule has 0 N–H and O–H groups in total. The number of halogens is 1. The summed E-state index contributed by atoms with van der Waals surface area (Å²) in [5.41, 5.74) is 0.489. The Morgan fingerprint density at radius 1 is 1.50 bits per heavy atom. The van der Waals surface area contributed by atoms with Crippen LogP contribution < -0.4 is 0 Å². The summed E-state index contributed by atoms with van der Waals surface area (Å²) in [5, 5.41) is 0. The maximum Gasteiger partial charge on any atom is 0.161 e. The number of hydrogen-bond acceptors (Lipinski definition) is 2. The molecule has 0 saturated heterocycles. The van der Waals surface area contributed by atoms with Gasteiger partial charge in [-0.25, -0.2) is 4.39 Å². The van der Waals surface area contributed by atoms with Crippen LogP contribution in [-0.2, 0) is 0 Å². The SMILES string of the molecule is CCCSc1c(F)cccc1C(C)=O. The maximum atomic E-state index is 13.4. The summed E-state index contributed by atoms with van der Waals surface area (Å²) >= 11 is 1.41. The summed E-state index contributed by atoms with van der Waals surface area (Å²) in [5.74, 6) is 0.459. The number of benzene rings is 1. The molecule has 0 unspecified atom stereocenters. The third-order valence-electron chi connectivity index (χ3n) is 1.80. The topological polar surface area (TPSA) is 17.1 Å². The zero-order chi connectivity index (χ0) is 10.6. The highest BCUT2D eigenvalue weighted by Gasteiger charge is 2.11. The van der Waals surface area contributed by atoms with E-state index >= 15 is 0 Å². The van der Waals surface area contributed by atoms with Crippen molar-refractivity contribution < 1.29 is 9.18 Å². The van der Waals surface area contributed by atoms with Crippen molar-refractivity contribution in [2.24, 2.45) is 0 Å². The van der Waals surface area contributed by atoms with Crippen LogP contribution in [0.5, 0.6) is 0 Å². The Bertz CT molecular complexity index is 336. The van der Waals surface area contributed by atoms with Gasteiger partial charge >= 0.3 is 0 Å². The first-order valence-corrected chi connectivity index (χ1v) is 5.57. The van der Waals surface area contributed by atoms with Crippen LogP contribution in [0.3, 0.4) is 0 Å². The van der Waals surface area contributed by atoms with Gasteiger partial charge in [0.15, 0.2) is 5.78 Å². The van der Waals surface area contributed by atoms with Gasteiger partial charge in [0, 0.05) is 5.56 Å². The second-order valence-electron chi connectivity index (χ2n) is 3.02. The number of rotatable bonds is 4. The van der Waals surface area contributed by atoms with Crippen molar-refractivity contribution in [1.82, 2.24) is 0 Å². The molecule has 0 fully saturated rings. The van der Waals surface area contributed by atoms with Gasteiger partial charge in [-0.05, 0) is 25.2 Å². The molecular weight excluding hydrogens is 199 g/mol. The van der Waals surface area contributed by atoms with Gasteiger partial charge < -0.3 is 0 Å². The smallest absolute Gasteiger partial charge is 0.161 e. The van der Waals surface area contributed by atoms with Crippen molar-refractivity contribution in [2.75, 3.05) is 5.75 Å². The Kier molecular flexibility index (Phi) is 4.14. The first kappa shape index (κ1) is 11.2. The van der Waals surface area contributed by atoms with E-state index in [0.717, 1.165) is 12.2 Å². The molecule has 0 spiro atoms. The number of ketones is 1. The van der Waals surface area contributed by atoms with Crippen LogP contribution in [0.4, 0.5) is 4.39 Å². The quantitative estimate of drug-likeness (QED) is 0.561. The highest BCUT2D eigenvalue weighted by atomic mass is 32.2. The fraction of sp³-hybridized carbons (Fsp3) is 0.364. The molecule has 0 bridgehead atoms. The minimum atomic E-state index is -0.295. The summed E-state index contributed by atoms with van der Waals surface area (Å²) in [4.78, 5) is 11.7. The van der Waals surface area contributed by atoms with Crippen molar-refractivity contribution in [3.05, 3.63) is 29.6 Å². The van der Waals surface area contributed by atoms with Crippen molar-refractivity contribution in [1.29, 1.82) is 0 Å². The van der Waals surface area contributed by atoms with E-state index in [1.165, 1.54) is 24.8 Å². The molecule has 0 aliphatic heterocycles. The molecule has 0 atom stereocenters. The molecule has 1 nitrogen and oxygen atoms in total. The third kappa shape index (κ3) is 2.58. The number of Topliss-reactive ketones (excluding diaryl/α,β-unsaturated/α-hetero) is 1. The second-order valence-corrected chi connectivity index (χ2v) is 4.13. The largest absolute Gasteiger partial charge is 0.294 e. The average molecular weight is 212 g/mol. The van der Waals surface area contributed by atoms with Crippen LogP contribution in [0.25, 0.3) is 0 Å². The molecule has 0 radical (unpaired) electrons. The Morgan fingerprint density at radius 3 is 2.79 bits per heavy atom. The van der Waals surface area contributed by atoms with Crippen LogP contribution in [0.15, 0.2) is 23.1 Å². The van der Waals surface area contributed by atoms with Gasteiger partial charge in [-0.2, -0.15) is 0 Å². The fourth-order valence-corrected chi connectivity index (χ4v) is 2.12. The van der Waals surface area contributed by atoms with Crippen molar-refractivity contribution in [2.45, 2.75) is 25.2 Å². The van der Waals surface area contributed by atoms with Gasteiger partial charge in [-0.3, -0.25) is 4.79 Å². The monoisotopic (exact) mass is 212 g/mol. The van der Waals surface area contributed by atoms with Crippen molar-refractivity contribution in [3.63, 3.8) is 0 Å². The first-order valence-electron chi connectivity index (χ1n) is 4.59. The average Bonchev–Trinajstić information content (AvgIpc) is 2.15. The molecule has 0 saturated carbocycles. The summed E-state index contributed by atoms with van der Waals surface area (Å²) in [6.45, 7) is 3.49. The molecule has 1 aromatic carbocycles. The fourth-order valence-electron chi connectivity index (χ4n) is 1.14. The molecule has 0 aromatic heterocycles. The molecule has 1 aromatic rings. The van der Waals surface area contributed by atoms with Gasteiger partial charge in [0.25, 0.3) is 0 Å². The maximum absolute atomic E-state index is 13.4. The number of thioether (sulfide) groups is 1. The van der Waals surface area contributed by atoms with E-state index < -0.39 is 0 Å². The van der Waals surface area contributed by atoms with E-state index in [9.17, 15) is 9.18 Å². The normalized spacial score (nSPS) is 10.2. The summed E-state index contributed by atoms with van der Waals surface area (Å²) in [6, 6.07) is 4.63. The van der Waals surface area contributed by atoms with Gasteiger partial charge in [0.2, 0.25) is 0 Å². The lowest BCUT2D eigenvalue weighted by Crippen LogP contribution is -1.97. The molecule has 0 aliphatic carbocycles. The lowest BCUT2D eigenvalue weighted by Gasteiger charge is -2.06. The lowest BCUT2D eigenvalue weighted by molar-refractivity contribution is 0.101. The minimum absolute atomic E-state index is 0.0805. The predicted molar refractivity (Wildman–Crippen MR) is 57.4 cm³/mol. The van der Waals surface area contributed by atoms with E-state index in [1.54, 1.807) is 12.1 Å². The third-order valence-corrected chi connectivity index (χ3v) is 3.11. The highest BCUT2D eigenvalue weighted by Crippen LogP contribution is 2.26. The van der Waals surface area contributed by atoms with Gasteiger partial charge in [0.1, 0.15) is 5.82 Å². The van der Waals surface area contributed by atoms with Gasteiger partial charge in [-0.15, -0.1) is 11.8 Å². The Hall–Kier alpha value is -0.830. The molecule has 1 rings (SSSR count). The molecule has 14 heavy (non-hydrogen) atoms. The van der Waals surface area contributed by atoms with E-state index in [-0.39, 0.29) is 11.6 Å². The molecule has 0 amide bonds. The summed E-state index contributed by atoms with van der Waals surface area (Å²) in [7, 11) is 0. The Labute approximate surface area is 87.7 Å². The van der Waals surface area contributed by atoms with Gasteiger partial charge in [-0.1, -0.05) is 19.1 Å². The van der Waals surface area contributed by atoms with Crippen LogP contribution in [0, 0.1) is 5.82 Å². The molecular formula is C11H13FOS. The minimum Gasteiger partial charge on any atom is -0.294 e. The zero-order valence-electron chi connectivity index (χ0n) is 8.34. The first-order chi connectivity index (χ1) is 6.66.